The number of anilines is 1. The van der Waals surface area contributed by atoms with E-state index in [0.29, 0.717) is 17.3 Å². The van der Waals surface area contributed by atoms with E-state index in [1.54, 1.807) is 30.3 Å². The molecule has 0 fully saturated rings. The van der Waals surface area contributed by atoms with Crippen molar-refractivity contribution in [3.8, 4) is 0 Å². The summed E-state index contributed by atoms with van der Waals surface area (Å²) in [5, 5.41) is 6.24. The quantitative estimate of drug-likeness (QED) is 0.506. The highest BCUT2D eigenvalue weighted by Crippen LogP contribution is 2.15. The minimum atomic E-state index is -4.01. The molecule has 154 valence electrons. The maximum Gasteiger partial charge on any atom is 0.264 e. The maximum absolute atomic E-state index is 12.9. The van der Waals surface area contributed by atoms with Crippen LogP contribution in [0, 0.1) is 5.82 Å². The van der Waals surface area contributed by atoms with Crippen molar-refractivity contribution in [2.24, 2.45) is 0 Å². The largest absolute Gasteiger partial charge is 0.358 e. The van der Waals surface area contributed by atoms with Crippen molar-refractivity contribution in [3.63, 3.8) is 0 Å². The minimum Gasteiger partial charge on any atom is -0.358 e. The third-order valence-electron chi connectivity index (χ3n) is 4.05. The Labute approximate surface area is 179 Å². The van der Waals surface area contributed by atoms with Crippen molar-refractivity contribution in [1.82, 2.24) is 10.0 Å². The smallest absolute Gasteiger partial charge is 0.264 e. The number of carbonyl (C=O) groups is 1. The van der Waals surface area contributed by atoms with E-state index in [0.717, 1.165) is 5.56 Å². The summed E-state index contributed by atoms with van der Waals surface area (Å²) < 4.78 is 39.8. The first-order valence-electron chi connectivity index (χ1n) is 8.85. The molecule has 0 radical (unpaired) electrons. The summed E-state index contributed by atoms with van der Waals surface area (Å²) in [6.07, 6.45) is 0. The van der Waals surface area contributed by atoms with Crippen molar-refractivity contribution in [2.45, 2.75) is 11.4 Å². The van der Waals surface area contributed by atoms with Gasteiger partial charge < -0.3 is 10.6 Å². The third-order valence-corrected chi connectivity index (χ3v) is 5.65. The van der Waals surface area contributed by atoms with Crippen LogP contribution in [-0.4, -0.2) is 19.4 Å². The average molecular weight is 444 g/mol. The van der Waals surface area contributed by atoms with Gasteiger partial charge >= 0.3 is 0 Å². The van der Waals surface area contributed by atoms with Crippen LogP contribution in [0.3, 0.4) is 0 Å². The van der Waals surface area contributed by atoms with E-state index in [1.807, 2.05) is 4.72 Å². The number of nitrogens with one attached hydrogen (secondary N) is 3. The zero-order chi connectivity index (χ0) is 21.6. The topological polar surface area (TPSA) is 87.3 Å². The Morgan fingerprint density at radius 2 is 1.53 bits per heavy atom. The summed E-state index contributed by atoms with van der Waals surface area (Å²) in [6.45, 7) is 0.407. The Kier molecular flexibility index (Phi) is 6.76. The predicted octanol–water partition coefficient (Wildman–Crippen LogP) is 3.43. The van der Waals surface area contributed by atoms with Gasteiger partial charge in [-0.05, 0) is 66.3 Å². The zero-order valence-electron chi connectivity index (χ0n) is 15.6. The van der Waals surface area contributed by atoms with Gasteiger partial charge in [-0.3, -0.25) is 4.79 Å². The molecule has 0 bridgehead atoms. The molecule has 0 aliphatic rings. The number of halogens is 1. The number of amides is 1. The molecule has 3 N–H and O–H groups in total. The van der Waals surface area contributed by atoms with Gasteiger partial charge in [0.2, 0.25) is 0 Å². The number of benzene rings is 3. The SMILES string of the molecule is O=C(NS(=O)(=O)c1ccc(NC(=S)NCc2ccc(F)cc2)cc1)c1ccccc1. The van der Waals surface area contributed by atoms with E-state index in [2.05, 4.69) is 10.6 Å². The molecular formula is C21H18FN3O3S2. The zero-order valence-corrected chi connectivity index (χ0v) is 17.3. The van der Waals surface area contributed by atoms with Crippen LogP contribution in [-0.2, 0) is 16.6 Å². The van der Waals surface area contributed by atoms with Crippen molar-refractivity contribution < 1.29 is 17.6 Å². The Hall–Kier alpha value is -3.30. The second-order valence-corrected chi connectivity index (χ2v) is 8.35. The molecule has 0 saturated heterocycles. The lowest BCUT2D eigenvalue weighted by atomic mass is 10.2. The Bertz CT molecular complexity index is 1130. The summed E-state index contributed by atoms with van der Waals surface area (Å²) in [4.78, 5) is 12.1. The molecule has 0 spiro atoms. The second kappa shape index (κ2) is 9.47. The van der Waals surface area contributed by atoms with Crippen LogP contribution in [0.15, 0.2) is 83.8 Å². The molecule has 3 rings (SSSR count). The van der Waals surface area contributed by atoms with Gasteiger partial charge in [0.1, 0.15) is 5.82 Å². The highest BCUT2D eigenvalue weighted by molar-refractivity contribution is 7.90. The first-order valence-corrected chi connectivity index (χ1v) is 10.7. The number of hydrogen-bond acceptors (Lipinski definition) is 4. The van der Waals surface area contributed by atoms with Crippen molar-refractivity contribution in [2.75, 3.05) is 5.32 Å². The summed E-state index contributed by atoms with van der Waals surface area (Å²) >= 11 is 5.21. The molecule has 3 aromatic carbocycles. The van der Waals surface area contributed by atoms with Crippen LogP contribution in [0.4, 0.5) is 10.1 Å². The third kappa shape index (κ3) is 5.85. The molecule has 0 aromatic heterocycles. The van der Waals surface area contributed by atoms with Gasteiger partial charge in [-0.2, -0.15) is 0 Å². The Balaban J connectivity index is 1.57. The van der Waals surface area contributed by atoms with Crippen molar-refractivity contribution in [3.05, 3.63) is 95.8 Å². The van der Waals surface area contributed by atoms with Gasteiger partial charge in [0.05, 0.1) is 4.90 Å². The van der Waals surface area contributed by atoms with Crippen LogP contribution >= 0.6 is 12.2 Å². The summed E-state index contributed by atoms with van der Waals surface area (Å²) in [5.74, 6) is -1.02. The number of hydrogen-bond donors (Lipinski definition) is 3. The summed E-state index contributed by atoms with van der Waals surface area (Å²) in [5.41, 5.74) is 1.67. The number of carbonyl (C=O) groups excluding carboxylic acids is 1. The molecule has 0 heterocycles. The summed E-state index contributed by atoms with van der Waals surface area (Å²) in [7, 11) is -4.01. The Morgan fingerprint density at radius 1 is 0.900 bits per heavy atom. The molecule has 0 aliphatic carbocycles. The molecule has 9 heteroatoms. The van der Waals surface area contributed by atoms with Crippen LogP contribution in [0.5, 0.6) is 0 Å². The second-order valence-electron chi connectivity index (χ2n) is 6.26. The number of thiocarbonyl (C=S) groups is 1. The standard InChI is InChI=1S/C21H18FN3O3S2/c22-17-8-6-15(7-9-17)14-23-21(29)24-18-10-12-19(13-11-18)30(27,28)25-20(26)16-4-2-1-3-5-16/h1-13H,14H2,(H,25,26)(H2,23,24,29). The molecular weight excluding hydrogens is 425 g/mol. The fraction of sp³-hybridized carbons (Fsp3) is 0.0476. The first-order chi connectivity index (χ1) is 14.3. The van der Waals surface area contributed by atoms with Gasteiger partial charge in [-0.15, -0.1) is 0 Å². The van der Waals surface area contributed by atoms with Crippen molar-refractivity contribution >= 4 is 38.9 Å². The first kappa shape index (κ1) is 21.4. The molecule has 0 saturated carbocycles. The van der Waals surface area contributed by atoms with Gasteiger partial charge in [-0.1, -0.05) is 30.3 Å². The molecule has 0 unspecified atom stereocenters. The number of rotatable bonds is 6. The lowest BCUT2D eigenvalue weighted by Crippen LogP contribution is -2.30. The maximum atomic E-state index is 12.9. The van der Waals surface area contributed by atoms with Crippen LogP contribution in [0.2, 0.25) is 0 Å². The molecule has 6 nitrogen and oxygen atoms in total. The molecule has 30 heavy (non-hydrogen) atoms. The molecule has 1 amide bonds. The highest BCUT2D eigenvalue weighted by atomic mass is 32.2. The average Bonchev–Trinajstić information content (AvgIpc) is 2.74. The van der Waals surface area contributed by atoms with Gasteiger partial charge in [0.25, 0.3) is 15.9 Å². The van der Waals surface area contributed by atoms with E-state index in [-0.39, 0.29) is 16.3 Å². The van der Waals surface area contributed by atoms with Crippen LogP contribution in [0.25, 0.3) is 0 Å². The van der Waals surface area contributed by atoms with Crippen LogP contribution in [0.1, 0.15) is 15.9 Å². The minimum absolute atomic E-state index is 0.0532. The highest BCUT2D eigenvalue weighted by Gasteiger charge is 2.18. The van der Waals surface area contributed by atoms with Crippen LogP contribution < -0.4 is 15.4 Å². The Morgan fingerprint density at radius 3 is 2.17 bits per heavy atom. The molecule has 3 aromatic rings. The lowest BCUT2D eigenvalue weighted by molar-refractivity contribution is 0.0981. The molecule has 0 atom stereocenters. The van der Waals surface area contributed by atoms with E-state index < -0.39 is 15.9 Å². The van der Waals surface area contributed by atoms with E-state index >= 15 is 0 Å². The fourth-order valence-corrected chi connectivity index (χ4v) is 3.67. The monoisotopic (exact) mass is 443 g/mol. The molecule has 0 aliphatic heterocycles. The van der Waals surface area contributed by atoms with Gasteiger partial charge in [0, 0.05) is 17.8 Å². The van der Waals surface area contributed by atoms with Crippen molar-refractivity contribution in [1.29, 1.82) is 0 Å². The van der Waals surface area contributed by atoms with Gasteiger partial charge in [0.15, 0.2) is 5.11 Å². The van der Waals surface area contributed by atoms with Gasteiger partial charge in [-0.25, -0.2) is 17.5 Å². The number of sulfonamides is 1. The van der Waals surface area contributed by atoms with E-state index in [1.165, 1.54) is 48.5 Å². The fourth-order valence-electron chi connectivity index (χ4n) is 2.51. The predicted molar refractivity (Wildman–Crippen MR) is 117 cm³/mol. The van der Waals surface area contributed by atoms with E-state index in [4.69, 9.17) is 12.2 Å². The normalized spacial score (nSPS) is 10.8. The summed E-state index contributed by atoms with van der Waals surface area (Å²) in [6, 6.07) is 19.9. The lowest BCUT2D eigenvalue weighted by Gasteiger charge is -2.12. The van der Waals surface area contributed by atoms with E-state index in [9.17, 15) is 17.6 Å².